The Labute approximate surface area is 113 Å². The molecule has 0 aromatic carbocycles. The second kappa shape index (κ2) is 6.38. The highest BCUT2D eigenvalue weighted by Crippen LogP contribution is 2.51. The third kappa shape index (κ3) is 3.08. The first-order valence-electron chi connectivity index (χ1n) is 8.08. The lowest BCUT2D eigenvalue weighted by molar-refractivity contribution is 0.0180. The lowest BCUT2D eigenvalue weighted by atomic mass is 9.71. The minimum absolute atomic E-state index is 0.438. The van der Waals surface area contributed by atoms with E-state index in [0.717, 1.165) is 25.0 Å². The molecule has 18 heavy (non-hydrogen) atoms. The van der Waals surface area contributed by atoms with Gasteiger partial charge in [0.25, 0.3) is 0 Å². The van der Waals surface area contributed by atoms with Gasteiger partial charge in [-0.3, -0.25) is 0 Å². The van der Waals surface area contributed by atoms with Gasteiger partial charge in [-0.05, 0) is 44.1 Å². The third-order valence-corrected chi connectivity index (χ3v) is 5.13. The van der Waals surface area contributed by atoms with Gasteiger partial charge in [0.2, 0.25) is 0 Å². The van der Waals surface area contributed by atoms with Crippen LogP contribution in [0.5, 0.6) is 0 Å². The summed E-state index contributed by atoms with van der Waals surface area (Å²) in [6.07, 6.45) is 8.65. The highest BCUT2D eigenvalue weighted by atomic mass is 16.5. The molecule has 2 rings (SSSR count). The van der Waals surface area contributed by atoms with Crippen molar-refractivity contribution in [3.8, 4) is 0 Å². The van der Waals surface area contributed by atoms with E-state index in [4.69, 9.17) is 4.74 Å². The molecule has 1 N–H and O–H groups in total. The summed E-state index contributed by atoms with van der Waals surface area (Å²) in [5.74, 6) is 1.76. The maximum Gasteiger partial charge on any atom is 0.0672 e. The zero-order valence-corrected chi connectivity index (χ0v) is 12.5. The van der Waals surface area contributed by atoms with Gasteiger partial charge in [-0.1, -0.05) is 33.6 Å². The predicted molar refractivity (Wildman–Crippen MR) is 76.7 cm³/mol. The molecule has 0 amide bonds. The summed E-state index contributed by atoms with van der Waals surface area (Å²) < 4.78 is 6.14. The molecule has 0 aromatic rings. The molecular weight excluding hydrogens is 222 g/mol. The highest BCUT2D eigenvalue weighted by Gasteiger charge is 2.50. The molecule has 2 unspecified atom stereocenters. The molecule has 0 aromatic heterocycles. The Balaban J connectivity index is 2.05. The van der Waals surface area contributed by atoms with Crippen LogP contribution in [0.25, 0.3) is 0 Å². The quantitative estimate of drug-likeness (QED) is 0.713. The fourth-order valence-electron chi connectivity index (χ4n) is 3.75. The van der Waals surface area contributed by atoms with Gasteiger partial charge in [0.05, 0.1) is 6.10 Å². The smallest absolute Gasteiger partial charge is 0.0672 e. The molecule has 0 bridgehead atoms. The van der Waals surface area contributed by atoms with Gasteiger partial charge >= 0.3 is 0 Å². The van der Waals surface area contributed by atoms with Crippen molar-refractivity contribution in [1.82, 2.24) is 5.32 Å². The SMILES string of the molecule is CCNCC1(CC(CC)CC)CCOC1C1CC1. The van der Waals surface area contributed by atoms with E-state index in [1.54, 1.807) is 0 Å². The second-order valence-corrected chi connectivity index (χ2v) is 6.41. The normalized spacial score (nSPS) is 32.3. The average Bonchev–Trinajstić information content (AvgIpc) is 3.16. The van der Waals surface area contributed by atoms with Gasteiger partial charge < -0.3 is 10.1 Å². The number of ether oxygens (including phenoxy) is 1. The van der Waals surface area contributed by atoms with Crippen LogP contribution in [0.4, 0.5) is 0 Å². The van der Waals surface area contributed by atoms with E-state index in [-0.39, 0.29) is 0 Å². The average molecular weight is 253 g/mol. The molecule has 2 aliphatic rings. The van der Waals surface area contributed by atoms with E-state index in [2.05, 4.69) is 26.1 Å². The molecule has 1 aliphatic carbocycles. The lowest BCUT2D eigenvalue weighted by Gasteiger charge is -2.37. The Morgan fingerprint density at radius 1 is 1.22 bits per heavy atom. The van der Waals surface area contributed by atoms with Crippen molar-refractivity contribution >= 4 is 0 Å². The fourth-order valence-corrected chi connectivity index (χ4v) is 3.75. The largest absolute Gasteiger partial charge is 0.377 e. The zero-order chi connectivity index (χ0) is 13.0. The molecule has 2 fully saturated rings. The minimum Gasteiger partial charge on any atom is -0.377 e. The molecular formula is C16H31NO. The standard InChI is InChI=1S/C16H31NO/c1-4-13(5-2)11-16(12-17-6-3)9-10-18-15(16)14-7-8-14/h13-15,17H,4-12H2,1-3H3. The number of hydrogen-bond donors (Lipinski definition) is 1. The van der Waals surface area contributed by atoms with Crippen LogP contribution in [0.2, 0.25) is 0 Å². The monoisotopic (exact) mass is 253 g/mol. The Bertz CT molecular complexity index is 247. The zero-order valence-electron chi connectivity index (χ0n) is 12.5. The van der Waals surface area contributed by atoms with E-state index < -0.39 is 0 Å². The summed E-state index contributed by atoms with van der Waals surface area (Å²) in [5, 5.41) is 3.62. The number of hydrogen-bond acceptors (Lipinski definition) is 2. The number of nitrogens with one attached hydrogen (secondary N) is 1. The fraction of sp³-hybridized carbons (Fsp3) is 1.00. The first-order chi connectivity index (χ1) is 8.75. The van der Waals surface area contributed by atoms with Gasteiger partial charge in [0.1, 0.15) is 0 Å². The van der Waals surface area contributed by atoms with Crippen LogP contribution in [-0.4, -0.2) is 25.8 Å². The van der Waals surface area contributed by atoms with E-state index in [1.807, 2.05) is 0 Å². The van der Waals surface area contributed by atoms with Crippen LogP contribution in [0.3, 0.4) is 0 Å². The molecule has 1 aliphatic heterocycles. The summed E-state index contributed by atoms with van der Waals surface area (Å²) >= 11 is 0. The van der Waals surface area contributed by atoms with Gasteiger partial charge in [0, 0.05) is 18.6 Å². The Morgan fingerprint density at radius 3 is 2.50 bits per heavy atom. The summed E-state index contributed by atoms with van der Waals surface area (Å²) in [5.41, 5.74) is 0.438. The van der Waals surface area contributed by atoms with Crippen LogP contribution in [0.15, 0.2) is 0 Å². The van der Waals surface area contributed by atoms with Crippen LogP contribution in [0, 0.1) is 17.3 Å². The third-order valence-electron chi connectivity index (χ3n) is 5.13. The first-order valence-corrected chi connectivity index (χ1v) is 8.08. The van der Waals surface area contributed by atoms with Crippen molar-refractivity contribution in [2.45, 2.75) is 65.4 Å². The highest BCUT2D eigenvalue weighted by molar-refractivity contribution is 5.01. The number of rotatable bonds is 8. The Morgan fingerprint density at radius 2 is 1.94 bits per heavy atom. The van der Waals surface area contributed by atoms with E-state index in [0.29, 0.717) is 11.5 Å². The Kier molecular flexibility index (Phi) is 5.08. The topological polar surface area (TPSA) is 21.3 Å². The first kappa shape index (κ1) is 14.3. The minimum atomic E-state index is 0.438. The molecule has 0 spiro atoms. The summed E-state index contributed by atoms with van der Waals surface area (Å²) in [4.78, 5) is 0. The maximum atomic E-state index is 6.14. The van der Waals surface area contributed by atoms with E-state index in [9.17, 15) is 0 Å². The summed E-state index contributed by atoms with van der Waals surface area (Å²) in [6, 6.07) is 0. The van der Waals surface area contributed by atoms with Crippen molar-refractivity contribution in [3.05, 3.63) is 0 Å². The van der Waals surface area contributed by atoms with Crippen molar-refractivity contribution in [3.63, 3.8) is 0 Å². The summed E-state index contributed by atoms with van der Waals surface area (Å²) in [7, 11) is 0. The second-order valence-electron chi connectivity index (χ2n) is 6.41. The van der Waals surface area contributed by atoms with Crippen molar-refractivity contribution in [2.24, 2.45) is 17.3 Å². The van der Waals surface area contributed by atoms with E-state index >= 15 is 0 Å². The van der Waals surface area contributed by atoms with Crippen molar-refractivity contribution in [1.29, 1.82) is 0 Å². The molecule has 2 heteroatoms. The van der Waals surface area contributed by atoms with Crippen LogP contribution >= 0.6 is 0 Å². The molecule has 1 saturated carbocycles. The van der Waals surface area contributed by atoms with Gasteiger partial charge in [-0.15, -0.1) is 0 Å². The lowest BCUT2D eigenvalue weighted by Crippen LogP contribution is -2.43. The predicted octanol–water partition coefficient (Wildman–Crippen LogP) is 3.61. The van der Waals surface area contributed by atoms with Crippen LogP contribution in [-0.2, 0) is 4.74 Å². The van der Waals surface area contributed by atoms with Crippen LogP contribution < -0.4 is 5.32 Å². The van der Waals surface area contributed by atoms with Gasteiger partial charge in [0.15, 0.2) is 0 Å². The molecule has 1 saturated heterocycles. The molecule has 2 atom stereocenters. The summed E-state index contributed by atoms with van der Waals surface area (Å²) in [6.45, 7) is 10.1. The van der Waals surface area contributed by atoms with Gasteiger partial charge in [-0.25, -0.2) is 0 Å². The molecule has 1 heterocycles. The maximum absolute atomic E-state index is 6.14. The molecule has 2 nitrogen and oxygen atoms in total. The molecule has 0 radical (unpaired) electrons. The van der Waals surface area contributed by atoms with Crippen molar-refractivity contribution < 1.29 is 4.74 Å². The Hall–Kier alpha value is -0.0800. The van der Waals surface area contributed by atoms with Gasteiger partial charge in [-0.2, -0.15) is 0 Å². The van der Waals surface area contributed by atoms with Crippen molar-refractivity contribution in [2.75, 3.05) is 19.7 Å². The molecule has 106 valence electrons. The van der Waals surface area contributed by atoms with E-state index in [1.165, 1.54) is 45.1 Å². The van der Waals surface area contributed by atoms with Crippen LogP contribution in [0.1, 0.15) is 59.3 Å².